The Hall–Kier alpha value is -1.44. The maximum Gasteiger partial charge on any atom is 0.123 e. The highest BCUT2D eigenvalue weighted by atomic mass is 16.3. The van der Waals surface area contributed by atoms with Crippen molar-refractivity contribution in [2.75, 3.05) is 0 Å². The van der Waals surface area contributed by atoms with E-state index in [-0.39, 0.29) is 11.5 Å². The second-order valence-corrected chi connectivity index (χ2v) is 2.94. The summed E-state index contributed by atoms with van der Waals surface area (Å²) in [6.45, 7) is 0. The minimum atomic E-state index is 0.249. The molecule has 0 spiro atoms. The summed E-state index contributed by atoms with van der Waals surface area (Å²) < 4.78 is 0. The van der Waals surface area contributed by atoms with E-state index in [1.165, 1.54) is 12.1 Å². The number of rotatable bonds is 0. The Morgan fingerprint density at radius 1 is 1.08 bits per heavy atom. The highest BCUT2D eigenvalue weighted by Crippen LogP contribution is 2.33. The molecule has 1 aliphatic carbocycles. The number of benzene rings is 1. The Labute approximate surface area is 70.8 Å². The molecule has 2 heteroatoms. The molecule has 1 aromatic carbocycles. The first-order valence-electron chi connectivity index (χ1n) is 3.99. The fraction of sp³-hybridized carbons (Fsp3) is 0.200. The topological polar surface area (TPSA) is 40.5 Å². The van der Waals surface area contributed by atoms with Crippen LogP contribution in [0.5, 0.6) is 11.5 Å². The number of phenolic OH excluding ortho intramolecular Hbond substituents is 2. The Kier molecular flexibility index (Phi) is 1.54. The average molecular weight is 162 g/mol. The molecule has 0 heterocycles. The van der Waals surface area contributed by atoms with E-state index in [9.17, 15) is 10.2 Å². The van der Waals surface area contributed by atoms with Crippen LogP contribution in [0.4, 0.5) is 0 Å². The van der Waals surface area contributed by atoms with Crippen LogP contribution in [0.3, 0.4) is 0 Å². The maximum atomic E-state index is 9.44. The van der Waals surface area contributed by atoms with Gasteiger partial charge in [-0.1, -0.05) is 12.2 Å². The van der Waals surface area contributed by atoms with E-state index in [1.807, 2.05) is 12.2 Å². The van der Waals surface area contributed by atoms with Gasteiger partial charge in [-0.2, -0.15) is 0 Å². The van der Waals surface area contributed by atoms with Gasteiger partial charge in [0.25, 0.3) is 0 Å². The Bertz CT molecular complexity index is 340. The van der Waals surface area contributed by atoms with E-state index in [2.05, 4.69) is 0 Å². The minimum Gasteiger partial charge on any atom is -0.508 e. The lowest BCUT2D eigenvalue weighted by Crippen LogP contribution is -1.94. The minimum absolute atomic E-state index is 0.249. The molecule has 0 amide bonds. The van der Waals surface area contributed by atoms with Crippen molar-refractivity contribution in [1.82, 2.24) is 0 Å². The lowest BCUT2D eigenvalue weighted by molar-refractivity contribution is 0.452. The standard InChI is InChI=1S/C10H10O2/c11-9-5-6-10(12)8-4-2-1-3-7(8)9/h1,3,5-6,11-12H,2,4H2. The number of fused-ring (bicyclic) bond motifs is 1. The van der Waals surface area contributed by atoms with Crippen molar-refractivity contribution < 1.29 is 10.2 Å². The van der Waals surface area contributed by atoms with Gasteiger partial charge in [-0.05, 0) is 25.0 Å². The van der Waals surface area contributed by atoms with Gasteiger partial charge in [0, 0.05) is 11.1 Å². The van der Waals surface area contributed by atoms with Crippen LogP contribution in [-0.4, -0.2) is 10.2 Å². The predicted molar refractivity (Wildman–Crippen MR) is 47.1 cm³/mol. The molecule has 2 rings (SSSR count). The Morgan fingerprint density at radius 2 is 1.83 bits per heavy atom. The fourth-order valence-corrected chi connectivity index (χ4v) is 1.52. The van der Waals surface area contributed by atoms with Gasteiger partial charge in [0.2, 0.25) is 0 Å². The number of hydrogen-bond acceptors (Lipinski definition) is 2. The number of phenols is 2. The van der Waals surface area contributed by atoms with Crippen LogP contribution >= 0.6 is 0 Å². The van der Waals surface area contributed by atoms with Gasteiger partial charge in [0.05, 0.1) is 0 Å². The van der Waals surface area contributed by atoms with Crippen LogP contribution in [0, 0.1) is 0 Å². The van der Waals surface area contributed by atoms with Gasteiger partial charge >= 0.3 is 0 Å². The molecule has 1 aromatic rings. The van der Waals surface area contributed by atoms with Gasteiger partial charge in [-0.3, -0.25) is 0 Å². The van der Waals surface area contributed by atoms with Crippen molar-refractivity contribution in [2.24, 2.45) is 0 Å². The third-order valence-corrected chi connectivity index (χ3v) is 2.15. The highest BCUT2D eigenvalue weighted by molar-refractivity contribution is 5.65. The van der Waals surface area contributed by atoms with Gasteiger partial charge in [0.15, 0.2) is 0 Å². The normalized spacial score (nSPS) is 14.3. The molecule has 0 unspecified atom stereocenters. The van der Waals surface area contributed by atoms with E-state index < -0.39 is 0 Å². The van der Waals surface area contributed by atoms with Gasteiger partial charge in [-0.15, -0.1) is 0 Å². The number of allylic oxidation sites excluding steroid dienone is 1. The third-order valence-electron chi connectivity index (χ3n) is 2.15. The molecule has 2 nitrogen and oxygen atoms in total. The van der Waals surface area contributed by atoms with Crippen LogP contribution in [0.15, 0.2) is 18.2 Å². The first kappa shape index (κ1) is 7.22. The summed E-state index contributed by atoms with van der Waals surface area (Å²) in [6.07, 6.45) is 5.60. The molecule has 0 bridgehead atoms. The van der Waals surface area contributed by atoms with Crippen LogP contribution < -0.4 is 0 Å². The Morgan fingerprint density at radius 3 is 2.58 bits per heavy atom. The SMILES string of the molecule is Oc1ccc(O)c2c1C=CCC2. The molecule has 0 aliphatic heterocycles. The molecule has 0 aromatic heterocycles. The first-order valence-corrected chi connectivity index (χ1v) is 3.99. The molecule has 0 fully saturated rings. The molecule has 2 N–H and O–H groups in total. The van der Waals surface area contributed by atoms with Gasteiger partial charge < -0.3 is 10.2 Å². The summed E-state index contributed by atoms with van der Waals surface area (Å²) in [6, 6.07) is 3.05. The zero-order chi connectivity index (χ0) is 8.55. The maximum absolute atomic E-state index is 9.44. The smallest absolute Gasteiger partial charge is 0.123 e. The summed E-state index contributed by atoms with van der Waals surface area (Å²) in [4.78, 5) is 0. The summed E-state index contributed by atoms with van der Waals surface area (Å²) in [5.74, 6) is 0.533. The van der Waals surface area contributed by atoms with Crippen LogP contribution in [0.1, 0.15) is 17.5 Å². The van der Waals surface area contributed by atoms with Crippen LogP contribution in [-0.2, 0) is 6.42 Å². The van der Waals surface area contributed by atoms with E-state index >= 15 is 0 Å². The molecular formula is C10H10O2. The van der Waals surface area contributed by atoms with E-state index in [0.717, 1.165) is 24.0 Å². The van der Waals surface area contributed by atoms with Crippen molar-refractivity contribution in [3.8, 4) is 11.5 Å². The predicted octanol–water partition coefficient (Wildman–Crippen LogP) is 2.06. The number of hydrogen-bond donors (Lipinski definition) is 2. The van der Waals surface area contributed by atoms with E-state index in [4.69, 9.17) is 0 Å². The van der Waals surface area contributed by atoms with Crippen LogP contribution in [0.2, 0.25) is 0 Å². The molecular weight excluding hydrogens is 152 g/mol. The van der Waals surface area contributed by atoms with Crippen LogP contribution in [0.25, 0.3) is 6.08 Å². The van der Waals surface area contributed by atoms with Gasteiger partial charge in [-0.25, -0.2) is 0 Å². The number of aromatic hydroxyl groups is 2. The van der Waals surface area contributed by atoms with Crippen molar-refractivity contribution in [3.63, 3.8) is 0 Å². The zero-order valence-electron chi connectivity index (χ0n) is 6.62. The van der Waals surface area contributed by atoms with E-state index in [1.54, 1.807) is 0 Å². The summed E-state index contributed by atoms with van der Waals surface area (Å²) in [5.41, 5.74) is 1.62. The van der Waals surface area contributed by atoms with Crippen molar-refractivity contribution in [2.45, 2.75) is 12.8 Å². The average Bonchev–Trinajstić information content (AvgIpc) is 2.12. The van der Waals surface area contributed by atoms with Crippen molar-refractivity contribution >= 4 is 6.08 Å². The lowest BCUT2D eigenvalue weighted by atomic mass is 9.96. The van der Waals surface area contributed by atoms with Crippen molar-refractivity contribution in [3.05, 3.63) is 29.3 Å². The summed E-state index contributed by atoms with van der Waals surface area (Å²) in [5, 5.41) is 18.9. The second kappa shape index (κ2) is 2.55. The lowest BCUT2D eigenvalue weighted by Gasteiger charge is -2.12. The molecule has 1 aliphatic rings. The van der Waals surface area contributed by atoms with Crippen molar-refractivity contribution in [1.29, 1.82) is 0 Å². The van der Waals surface area contributed by atoms with E-state index in [0.29, 0.717) is 0 Å². The molecule has 12 heavy (non-hydrogen) atoms. The fourth-order valence-electron chi connectivity index (χ4n) is 1.52. The van der Waals surface area contributed by atoms with Gasteiger partial charge in [0.1, 0.15) is 11.5 Å². The quantitative estimate of drug-likeness (QED) is 0.573. The zero-order valence-corrected chi connectivity index (χ0v) is 6.62. The largest absolute Gasteiger partial charge is 0.508 e. The Balaban J connectivity index is 2.67. The summed E-state index contributed by atoms with van der Waals surface area (Å²) in [7, 11) is 0. The molecule has 0 radical (unpaired) electrons. The summed E-state index contributed by atoms with van der Waals surface area (Å²) >= 11 is 0. The molecule has 0 saturated heterocycles. The second-order valence-electron chi connectivity index (χ2n) is 2.94. The first-order chi connectivity index (χ1) is 5.79. The molecule has 0 saturated carbocycles. The monoisotopic (exact) mass is 162 g/mol. The highest BCUT2D eigenvalue weighted by Gasteiger charge is 2.12. The molecule has 62 valence electrons. The molecule has 0 atom stereocenters. The third kappa shape index (κ3) is 0.961.